The lowest BCUT2D eigenvalue weighted by molar-refractivity contribution is 0.277. The summed E-state index contributed by atoms with van der Waals surface area (Å²) in [6, 6.07) is 7.65. The Morgan fingerprint density at radius 1 is 1.31 bits per heavy atom. The first-order valence-electron chi connectivity index (χ1n) is 4.83. The summed E-state index contributed by atoms with van der Waals surface area (Å²) in [5.41, 5.74) is 2.00. The smallest absolute Gasteiger partial charge is 0.120 e. The minimum Gasteiger partial charge on any atom is -0.489 e. The molecule has 1 N–H and O–H groups in total. The van der Waals surface area contributed by atoms with Crippen molar-refractivity contribution in [1.82, 2.24) is 0 Å². The van der Waals surface area contributed by atoms with Gasteiger partial charge in [-0.25, -0.2) is 0 Å². The molecular weight excluding hydrogens is 288 g/mol. The van der Waals surface area contributed by atoms with Gasteiger partial charge < -0.3 is 9.84 Å². The molecule has 0 bridgehead atoms. The summed E-state index contributed by atoms with van der Waals surface area (Å²) in [4.78, 5) is 0. The molecule has 1 aromatic heterocycles. The molecule has 4 heteroatoms. The maximum atomic E-state index is 9.11. The Kier molecular flexibility index (Phi) is 3.98. The zero-order valence-corrected chi connectivity index (χ0v) is 10.9. The van der Waals surface area contributed by atoms with Crippen molar-refractivity contribution < 1.29 is 9.84 Å². The average molecular weight is 299 g/mol. The van der Waals surface area contributed by atoms with Crippen molar-refractivity contribution in [3.05, 3.63) is 50.6 Å². The molecule has 2 nitrogen and oxygen atoms in total. The lowest BCUT2D eigenvalue weighted by Crippen LogP contribution is -1.95. The lowest BCUT2D eigenvalue weighted by Gasteiger charge is -2.07. The fourth-order valence-corrected chi connectivity index (χ4v) is 2.33. The molecule has 0 unspecified atom stereocenters. The van der Waals surface area contributed by atoms with Gasteiger partial charge in [0.2, 0.25) is 0 Å². The van der Waals surface area contributed by atoms with Gasteiger partial charge in [0, 0.05) is 4.47 Å². The van der Waals surface area contributed by atoms with E-state index in [2.05, 4.69) is 21.3 Å². The number of rotatable bonds is 4. The van der Waals surface area contributed by atoms with Gasteiger partial charge in [-0.05, 0) is 46.2 Å². The number of aliphatic hydroxyl groups excluding tert-OH is 1. The monoisotopic (exact) mass is 298 g/mol. The molecule has 1 aromatic carbocycles. The first-order valence-corrected chi connectivity index (χ1v) is 6.56. The largest absolute Gasteiger partial charge is 0.489 e. The Morgan fingerprint density at radius 2 is 2.19 bits per heavy atom. The van der Waals surface area contributed by atoms with Crippen LogP contribution in [0.4, 0.5) is 0 Å². The maximum absolute atomic E-state index is 9.11. The highest BCUT2D eigenvalue weighted by Gasteiger charge is 2.02. The normalized spacial score (nSPS) is 10.4. The number of aliphatic hydroxyl groups is 1. The van der Waals surface area contributed by atoms with Crippen LogP contribution in [-0.4, -0.2) is 5.11 Å². The second-order valence-corrected chi connectivity index (χ2v) is 4.97. The summed E-state index contributed by atoms with van der Waals surface area (Å²) >= 11 is 5.02. The van der Waals surface area contributed by atoms with Gasteiger partial charge in [-0.15, -0.1) is 0 Å². The van der Waals surface area contributed by atoms with Crippen molar-refractivity contribution in [1.29, 1.82) is 0 Å². The van der Waals surface area contributed by atoms with E-state index < -0.39 is 0 Å². The van der Waals surface area contributed by atoms with Gasteiger partial charge in [0.1, 0.15) is 12.4 Å². The summed E-state index contributed by atoms with van der Waals surface area (Å²) < 4.78 is 6.52. The van der Waals surface area contributed by atoms with E-state index in [0.29, 0.717) is 6.61 Å². The van der Waals surface area contributed by atoms with Crippen molar-refractivity contribution in [2.75, 3.05) is 0 Å². The van der Waals surface area contributed by atoms with Crippen molar-refractivity contribution in [3.8, 4) is 5.75 Å². The van der Waals surface area contributed by atoms with E-state index in [4.69, 9.17) is 9.84 Å². The third-order valence-corrected chi connectivity index (χ3v) is 3.68. The van der Waals surface area contributed by atoms with E-state index in [1.165, 1.54) is 5.56 Å². The molecule has 0 aliphatic heterocycles. The summed E-state index contributed by atoms with van der Waals surface area (Å²) in [7, 11) is 0. The summed E-state index contributed by atoms with van der Waals surface area (Å²) in [5, 5.41) is 13.2. The van der Waals surface area contributed by atoms with E-state index in [0.717, 1.165) is 15.8 Å². The van der Waals surface area contributed by atoms with Crippen LogP contribution in [0.2, 0.25) is 0 Å². The van der Waals surface area contributed by atoms with Crippen LogP contribution < -0.4 is 4.74 Å². The molecule has 1 heterocycles. The molecule has 84 valence electrons. The predicted molar refractivity (Wildman–Crippen MR) is 68.7 cm³/mol. The fourth-order valence-electron chi connectivity index (χ4n) is 1.30. The highest BCUT2D eigenvalue weighted by atomic mass is 79.9. The molecule has 0 radical (unpaired) electrons. The van der Waals surface area contributed by atoms with E-state index in [-0.39, 0.29) is 6.61 Å². The minimum atomic E-state index is 0.0102. The van der Waals surface area contributed by atoms with Gasteiger partial charge >= 0.3 is 0 Å². The first kappa shape index (κ1) is 11.6. The maximum Gasteiger partial charge on any atom is 0.120 e. The van der Waals surface area contributed by atoms with Gasteiger partial charge in [-0.1, -0.05) is 15.9 Å². The molecular formula is C12H11BrO2S. The zero-order chi connectivity index (χ0) is 11.4. The zero-order valence-electron chi connectivity index (χ0n) is 8.52. The van der Waals surface area contributed by atoms with Gasteiger partial charge in [0.05, 0.1) is 6.61 Å². The van der Waals surface area contributed by atoms with Gasteiger partial charge in [0.25, 0.3) is 0 Å². The van der Waals surface area contributed by atoms with Crippen LogP contribution in [-0.2, 0) is 13.2 Å². The third-order valence-electron chi connectivity index (χ3n) is 2.17. The standard InChI is InChI=1S/C12H11BrO2S/c13-12-2-1-11(5-10(12)6-14)15-7-9-3-4-16-8-9/h1-5,8,14H,6-7H2. The quantitative estimate of drug-likeness (QED) is 0.935. The molecule has 2 aromatic rings. The number of hydrogen-bond donors (Lipinski definition) is 1. The minimum absolute atomic E-state index is 0.0102. The van der Waals surface area contributed by atoms with Crippen LogP contribution in [0.15, 0.2) is 39.5 Å². The van der Waals surface area contributed by atoms with Crippen LogP contribution in [0.5, 0.6) is 5.75 Å². The Bertz CT molecular complexity index is 454. The van der Waals surface area contributed by atoms with E-state index in [1.54, 1.807) is 11.3 Å². The van der Waals surface area contributed by atoms with E-state index >= 15 is 0 Å². The molecule has 0 atom stereocenters. The van der Waals surface area contributed by atoms with Gasteiger partial charge in [0.15, 0.2) is 0 Å². The van der Waals surface area contributed by atoms with Crippen molar-refractivity contribution in [3.63, 3.8) is 0 Å². The second-order valence-electron chi connectivity index (χ2n) is 3.33. The molecule has 2 rings (SSSR count). The molecule has 0 aliphatic rings. The average Bonchev–Trinajstić information content (AvgIpc) is 2.81. The van der Waals surface area contributed by atoms with Crippen molar-refractivity contribution >= 4 is 27.3 Å². The number of halogens is 1. The van der Waals surface area contributed by atoms with Crippen molar-refractivity contribution in [2.45, 2.75) is 13.2 Å². The number of ether oxygens (including phenoxy) is 1. The molecule has 16 heavy (non-hydrogen) atoms. The SMILES string of the molecule is OCc1cc(OCc2ccsc2)ccc1Br. The Morgan fingerprint density at radius 3 is 2.88 bits per heavy atom. The lowest BCUT2D eigenvalue weighted by atomic mass is 10.2. The Hall–Kier alpha value is -0.840. The predicted octanol–water partition coefficient (Wildman–Crippen LogP) is 3.58. The molecule has 0 amide bonds. The number of thiophene rings is 1. The number of hydrogen-bond acceptors (Lipinski definition) is 3. The van der Waals surface area contributed by atoms with Crippen LogP contribution in [0.3, 0.4) is 0 Å². The van der Waals surface area contributed by atoms with Gasteiger partial charge in [-0.2, -0.15) is 11.3 Å². The van der Waals surface area contributed by atoms with Crippen LogP contribution >= 0.6 is 27.3 Å². The summed E-state index contributed by atoms with van der Waals surface area (Å²) in [6.07, 6.45) is 0. The highest BCUT2D eigenvalue weighted by molar-refractivity contribution is 9.10. The first-order chi connectivity index (χ1) is 7.79. The van der Waals surface area contributed by atoms with Gasteiger partial charge in [-0.3, -0.25) is 0 Å². The van der Waals surface area contributed by atoms with Crippen LogP contribution in [0.25, 0.3) is 0 Å². The Balaban J connectivity index is 2.04. The Labute approximate surface area is 107 Å². The van der Waals surface area contributed by atoms with Crippen LogP contribution in [0, 0.1) is 0 Å². The highest BCUT2D eigenvalue weighted by Crippen LogP contribution is 2.23. The van der Waals surface area contributed by atoms with Crippen molar-refractivity contribution in [2.24, 2.45) is 0 Å². The molecule has 0 spiro atoms. The molecule has 0 saturated heterocycles. The van der Waals surface area contributed by atoms with Crippen LogP contribution in [0.1, 0.15) is 11.1 Å². The van der Waals surface area contributed by atoms with E-state index in [1.807, 2.05) is 29.6 Å². The molecule has 0 aliphatic carbocycles. The number of benzene rings is 1. The third kappa shape index (κ3) is 2.84. The molecule has 0 fully saturated rings. The molecule has 0 saturated carbocycles. The fraction of sp³-hybridized carbons (Fsp3) is 0.167. The second kappa shape index (κ2) is 5.48. The summed E-state index contributed by atoms with van der Waals surface area (Å²) in [5.74, 6) is 0.776. The topological polar surface area (TPSA) is 29.5 Å². The van der Waals surface area contributed by atoms with E-state index in [9.17, 15) is 0 Å². The summed E-state index contributed by atoms with van der Waals surface area (Å²) in [6.45, 7) is 0.576.